The molecule has 0 heterocycles. The second kappa shape index (κ2) is 7.01. The molecule has 20 heavy (non-hydrogen) atoms. The maximum absolute atomic E-state index is 13.4. The molecular weight excluding hydrogens is 260 g/mol. The van der Waals surface area contributed by atoms with Crippen LogP contribution in [0.5, 0.6) is 5.75 Å². The van der Waals surface area contributed by atoms with Gasteiger partial charge in [0, 0.05) is 6.42 Å². The normalized spacial score (nSPS) is 10.6. The Bertz CT molecular complexity index is 552. The maximum atomic E-state index is 13.4. The average molecular weight is 278 g/mol. The van der Waals surface area contributed by atoms with Crippen LogP contribution in [0.25, 0.3) is 0 Å². The maximum Gasteiger partial charge on any atom is 0.135 e. The van der Waals surface area contributed by atoms with Gasteiger partial charge in [-0.05, 0) is 29.8 Å². The second-order valence-electron chi connectivity index (χ2n) is 4.58. The van der Waals surface area contributed by atoms with Crippen molar-refractivity contribution in [3.63, 3.8) is 0 Å². The number of nitrogens with two attached hydrogens (primary N) is 1. The Balaban J connectivity index is 1.84. The summed E-state index contributed by atoms with van der Waals surface area (Å²) in [6.07, 6.45) is 0.827. The van der Waals surface area contributed by atoms with Crippen molar-refractivity contribution in [3.05, 3.63) is 65.2 Å². The van der Waals surface area contributed by atoms with E-state index in [9.17, 15) is 8.78 Å². The second-order valence-corrected chi connectivity index (χ2v) is 4.58. The Hall–Kier alpha value is -1.94. The molecule has 2 aromatic carbocycles. The summed E-state index contributed by atoms with van der Waals surface area (Å²) in [5.74, 6) is -0.145. The number of quaternary nitrogens is 1. The first-order chi connectivity index (χ1) is 9.70. The van der Waals surface area contributed by atoms with E-state index in [0.717, 1.165) is 24.3 Å². The van der Waals surface area contributed by atoms with Crippen LogP contribution in [0.15, 0.2) is 42.5 Å². The number of hydrogen-bond donors (Lipinski definition) is 1. The van der Waals surface area contributed by atoms with Gasteiger partial charge in [-0.15, -0.1) is 0 Å². The predicted octanol–water partition coefficient (Wildman–Crippen LogP) is 2.28. The molecule has 0 atom stereocenters. The molecule has 2 nitrogen and oxygen atoms in total. The van der Waals surface area contributed by atoms with E-state index in [1.54, 1.807) is 7.11 Å². The predicted molar refractivity (Wildman–Crippen MR) is 73.6 cm³/mol. The van der Waals surface area contributed by atoms with E-state index in [2.05, 4.69) is 0 Å². The Morgan fingerprint density at radius 3 is 2.45 bits per heavy atom. The molecule has 106 valence electrons. The molecule has 2 N–H and O–H groups in total. The molecule has 0 aromatic heterocycles. The van der Waals surface area contributed by atoms with Crippen molar-refractivity contribution in [3.8, 4) is 5.75 Å². The van der Waals surface area contributed by atoms with E-state index >= 15 is 0 Å². The van der Waals surface area contributed by atoms with E-state index in [0.29, 0.717) is 6.54 Å². The van der Waals surface area contributed by atoms with E-state index in [-0.39, 0.29) is 5.56 Å². The van der Waals surface area contributed by atoms with Crippen LogP contribution in [0.1, 0.15) is 11.1 Å². The first kappa shape index (κ1) is 14.5. The summed E-state index contributed by atoms with van der Waals surface area (Å²) >= 11 is 0. The first-order valence-electron chi connectivity index (χ1n) is 6.58. The minimum atomic E-state index is -0.484. The third-order valence-corrected chi connectivity index (χ3v) is 3.18. The van der Waals surface area contributed by atoms with Crippen molar-refractivity contribution >= 4 is 0 Å². The van der Waals surface area contributed by atoms with Crippen LogP contribution in [0.3, 0.4) is 0 Å². The molecule has 4 heteroatoms. The lowest BCUT2D eigenvalue weighted by Gasteiger charge is -2.06. The van der Waals surface area contributed by atoms with Crippen LogP contribution >= 0.6 is 0 Å². The van der Waals surface area contributed by atoms with E-state index in [4.69, 9.17) is 4.74 Å². The average Bonchev–Trinajstić information content (AvgIpc) is 2.46. The lowest BCUT2D eigenvalue weighted by molar-refractivity contribution is -0.670. The lowest BCUT2D eigenvalue weighted by atomic mass is 10.1. The molecular formula is C16H18F2NO+. The Labute approximate surface area is 117 Å². The van der Waals surface area contributed by atoms with Crippen molar-refractivity contribution in [2.75, 3.05) is 13.7 Å². The lowest BCUT2D eigenvalue weighted by Crippen LogP contribution is -2.83. The van der Waals surface area contributed by atoms with Gasteiger partial charge in [0.05, 0.1) is 19.2 Å². The van der Waals surface area contributed by atoms with Gasteiger partial charge in [0.15, 0.2) is 0 Å². The largest absolute Gasteiger partial charge is 0.497 e. The topological polar surface area (TPSA) is 25.8 Å². The first-order valence-corrected chi connectivity index (χ1v) is 6.58. The quantitative estimate of drug-likeness (QED) is 0.806. The van der Waals surface area contributed by atoms with E-state index < -0.39 is 11.6 Å². The molecule has 2 rings (SSSR count). The summed E-state index contributed by atoms with van der Waals surface area (Å²) in [6, 6.07) is 11.8. The van der Waals surface area contributed by atoms with Gasteiger partial charge >= 0.3 is 0 Å². The number of rotatable bonds is 6. The molecule has 0 amide bonds. The van der Waals surface area contributed by atoms with E-state index in [1.807, 2.05) is 29.6 Å². The fourth-order valence-electron chi connectivity index (χ4n) is 2.07. The molecule has 0 saturated carbocycles. The van der Waals surface area contributed by atoms with Crippen molar-refractivity contribution in [2.45, 2.75) is 13.0 Å². The summed E-state index contributed by atoms with van der Waals surface area (Å²) in [5, 5.41) is 1.90. The summed E-state index contributed by atoms with van der Waals surface area (Å²) in [5.41, 5.74) is 1.28. The third kappa shape index (κ3) is 3.78. The minimum absolute atomic E-state index is 0.137. The summed E-state index contributed by atoms with van der Waals surface area (Å²) in [7, 11) is 1.63. The van der Waals surface area contributed by atoms with Gasteiger partial charge in [0.1, 0.15) is 23.9 Å². The molecule has 0 unspecified atom stereocenters. The highest BCUT2D eigenvalue weighted by Gasteiger charge is 2.09. The van der Waals surface area contributed by atoms with Crippen LogP contribution < -0.4 is 10.1 Å². The smallest absolute Gasteiger partial charge is 0.135 e. The minimum Gasteiger partial charge on any atom is -0.497 e. The molecule has 0 aliphatic heterocycles. The SMILES string of the molecule is COc1cccc(CC[NH2+]Cc2c(F)cccc2F)c1. The van der Waals surface area contributed by atoms with Crippen molar-refractivity contribution in [2.24, 2.45) is 0 Å². The monoisotopic (exact) mass is 278 g/mol. The van der Waals surface area contributed by atoms with Crippen LogP contribution in [0, 0.1) is 11.6 Å². The Morgan fingerprint density at radius 1 is 1.05 bits per heavy atom. The molecule has 0 spiro atoms. The van der Waals surface area contributed by atoms with Crippen LogP contribution in [0.4, 0.5) is 8.78 Å². The van der Waals surface area contributed by atoms with Crippen LogP contribution in [-0.2, 0) is 13.0 Å². The summed E-state index contributed by atoms with van der Waals surface area (Å²) < 4.78 is 32.0. The molecule has 0 fully saturated rings. The zero-order valence-electron chi connectivity index (χ0n) is 11.4. The van der Waals surface area contributed by atoms with Crippen LogP contribution in [-0.4, -0.2) is 13.7 Å². The van der Waals surface area contributed by atoms with Gasteiger partial charge in [-0.25, -0.2) is 8.78 Å². The zero-order valence-corrected chi connectivity index (χ0v) is 11.4. The van der Waals surface area contributed by atoms with Crippen molar-refractivity contribution < 1.29 is 18.8 Å². The highest BCUT2D eigenvalue weighted by atomic mass is 19.1. The summed E-state index contributed by atoms with van der Waals surface area (Å²) in [6.45, 7) is 1.07. The molecule has 0 aliphatic rings. The van der Waals surface area contributed by atoms with Gasteiger partial charge in [-0.2, -0.15) is 0 Å². The van der Waals surface area contributed by atoms with E-state index in [1.165, 1.54) is 18.2 Å². The number of methoxy groups -OCH3 is 1. The number of halogens is 2. The van der Waals surface area contributed by atoms with Crippen molar-refractivity contribution in [1.29, 1.82) is 0 Å². The highest BCUT2D eigenvalue weighted by molar-refractivity contribution is 5.28. The van der Waals surface area contributed by atoms with Gasteiger partial charge in [-0.3, -0.25) is 0 Å². The molecule has 0 radical (unpaired) electrons. The van der Waals surface area contributed by atoms with Gasteiger partial charge in [-0.1, -0.05) is 18.2 Å². The highest BCUT2D eigenvalue weighted by Crippen LogP contribution is 2.12. The molecule has 0 aliphatic carbocycles. The number of benzene rings is 2. The molecule has 0 saturated heterocycles. The van der Waals surface area contributed by atoms with Crippen LogP contribution in [0.2, 0.25) is 0 Å². The zero-order chi connectivity index (χ0) is 14.4. The van der Waals surface area contributed by atoms with Gasteiger partial charge < -0.3 is 10.1 Å². The standard InChI is InChI=1S/C16H17F2NO/c1-20-13-5-2-4-12(10-13)8-9-19-11-14-15(17)6-3-7-16(14)18/h2-7,10,19H,8-9,11H2,1H3/p+1. The Morgan fingerprint density at radius 2 is 1.75 bits per heavy atom. The molecule has 2 aromatic rings. The fourth-order valence-corrected chi connectivity index (χ4v) is 2.07. The third-order valence-electron chi connectivity index (χ3n) is 3.18. The van der Waals surface area contributed by atoms with Gasteiger partial charge in [0.25, 0.3) is 0 Å². The fraction of sp³-hybridized carbons (Fsp3) is 0.250. The Kier molecular flexibility index (Phi) is 5.07. The number of ether oxygens (including phenoxy) is 1. The molecule has 0 bridgehead atoms. The van der Waals surface area contributed by atoms with Gasteiger partial charge in [0.2, 0.25) is 0 Å². The van der Waals surface area contributed by atoms with Crippen molar-refractivity contribution in [1.82, 2.24) is 0 Å². The number of hydrogen-bond acceptors (Lipinski definition) is 1. The summed E-state index contributed by atoms with van der Waals surface area (Å²) in [4.78, 5) is 0.